The summed E-state index contributed by atoms with van der Waals surface area (Å²) in [6.07, 6.45) is -4.62. The molecule has 0 radical (unpaired) electrons. The Labute approximate surface area is 137 Å². The second-order valence-corrected chi connectivity index (χ2v) is 6.53. The Kier molecular flexibility index (Phi) is 5.05. The number of piperazine rings is 1. The molecule has 1 heterocycles. The fourth-order valence-electron chi connectivity index (χ4n) is 2.81. The number of nitro groups is 1. The van der Waals surface area contributed by atoms with Crippen molar-refractivity contribution >= 4 is 11.4 Å². The lowest BCUT2D eigenvalue weighted by Gasteiger charge is -2.38. The first-order valence-corrected chi connectivity index (χ1v) is 7.53. The van der Waals surface area contributed by atoms with Crippen LogP contribution in [0.1, 0.15) is 19.4 Å². The van der Waals surface area contributed by atoms with Crippen LogP contribution in [0.3, 0.4) is 0 Å². The lowest BCUT2D eigenvalue weighted by atomic mass is 10.1. The summed E-state index contributed by atoms with van der Waals surface area (Å²) >= 11 is 0. The number of benzene rings is 1. The molecule has 0 aromatic heterocycles. The van der Waals surface area contributed by atoms with Gasteiger partial charge in [0.2, 0.25) is 0 Å². The molecule has 1 aliphatic heterocycles. The van der Waals surface area contributed by atoms with Crippen molar-refractivity contribution in [3.63, 3.8) is 0 Å². The topological polar surface area (TPSA) is 69.8 Å². The van der Waals surface area contributed by atoms with Crippen molar-refractivity contribution in [1.82, 2.24) is 4.90 Å². The molecule has 1 fully saturated rings. The second kappa shape index (κ2) is 6.56. The van der Waals surface area contributed by atoms with Crippen LogP contribution in [0.2, 0.25) is 0 Å². The number of hydrogen-bond acceptors (Lipinski definition) is 5. The molecule has 6 nitrogen and oxygen atoms in total. The molecule has 1 aromatic rings. The van der Waals surface area contributed by atoms with Crippen molar-refractivity contribution < 1.29 is 23.2 Å². The minimum atomic E-state index is -4.62. The molecule has 9 heteroatoms. The lowest BCUT2D eigenvalue weighted by molar-refractivity contribution is -0.384. The van der Waals surface area contributed by atoms with Crippen molar-refractivity contribution in [3.8, 4) is 0 Å². The third-order valence-corrected chi connectivity index (χ3v) is 3.82. The number of alkyl halides is 3. The van der Waals surface area contributed by atoms with E-state index in [9.17, 15) is 28.4 Å². The summed E-state index contributed by atoms with van der Waals surface area (Å²) in [6, 6.07) is 2.61. The van der Waals surface area contributed by atoms with Gasteiger partial charge < -0.3 is 10.0 Å². The van der Waals surface area contributed by atoms with E-state index >= 15 is 0 Å². The summed E-state index contributed by atoms with van der Waals surface area (Å²) in [6.45, 7) is 5.89. The molecule has 1 N–H and O–H groups in total. The molecular formula is C15H20F3N3O3. The Morgan fingerprint density at radius 2 is 1.79 bits per heavy atom. The van der Waals surface area contributed by atoms with E-state index in [-0.39, 0.29) is 5.69 Å². The number of halogens is 3. The average molecular weight is 347 g/mol. The molecule has 0 amide bonds. The van der Waals surface area contributed by atoms with Gasteiger partial charge in [-0.15, -0.1) is 0 Å². The number of β-amino-alcohol motifs (C(OH)–C–C–N with tert-alkyl or cyclic N) is 1. The Balaban J connectivity index is 2.17. The first kappa shape index (κ1) is 18.5. The maximum Gasteiger partial charge on any atom is 0.416 e. The maximum atomic E-state index is 12.7. The quantitative estimate of drug-likeness (QED) is 0.669. The zero-order chi connectivity index (χ0) is 18.1. The number of rotatable bonds is 4. The first-order valence-electron chi connectivity index (χ1n) is 7.53. The Morgan fingerprint density at radius 1 is 1.21 bits per heavy atom. The number of hydrogen-bond donors (Lipinski definition) is 1. The van der Waals surface area contributed by atoms with E-state index in [0.29, 0.717) is 38.8 Å². The highest BCUT2D eigenvalue weighted by molar-refractivity contribution is 5.65. The van der Waals surface area contributed by atoms with E-state index in [1.165, 1.54) is 0 Å². The smallest absolute Gasteiger partial charge is 0.389 e. The van der Waals surface area contributed by atoms with Gasteiger partial charge >= 0.3 is 6.18 Å². The van der Waals surface area contributed by atoms with Crippen LogP contribution < -0.4 is 4.90 Å². The average Bonchev–Trinajstić information content (AvgIpc) is 2.45. The van der Waals surface area contributed by atoms with Crippen molar-refractivity contribution in [1.29, 1.82) is 0 Å². The molecule has 0 bridgehead atoms. The summed E-state index contributed by atoms with van der Waals surface area (Å²) in [5.41, 5.74) is -2.22. The number of anilines is 1. The van der Waals surface area contributed by atoms with Crippen molar-refractivity contribution in [2.24, 2.45) is 0 Å². The van der Waals surface area contributed by atoms with E-state index in [0.717, 1.165) is 12.1 Å². The highest BCUT2D eigenvalue weighted by Crippen LogP contribution is 2.36. The lowest BCUT2D eigenvalue weighted by Crippen LogP contribution is -2.50. The predicted molar refractivity (Wildman–Crippen MR) is 83.0 cm³/mol. The zero-order valence-electron chi connectivity index (χ0n) is 13.5. The minimum Gasteiger partial charge on any atom is -0.389 e. The summed E-state index contributed by atoms with van der Waals surface area (Å²) in [5, 5.41) is 21.0. The number of nitro benzene ring substituents is 1. The van der Waals surface area contributed by atoms with Crippen molar-refractivity contribution in [2.75, 3.05) is 37.6 Å². The van der Waals surface area contributed by atoms with Gasteiger partial charge in [-0.1, -0.05) is 0 Å². The Hall–Kier alpha value is -1.87. The van der Waals surface area contributed by atoms with E-state index in [1.807, 2.05) is 4.90 Å². The van der Waals surface area contributed by atoms with Crippen LogP contribution in [0.4, 0.5) is 24.5 Å². The van der Waals surface area contributed by atoms with Crippen LogP contribution in [0.15, 0.2) is 18.2 Å². The number of nitrogens with zero attached hydrogens (tertiary/aromatic N) is 3. The van der Waals surface area contributed by atoms with Gasteiger partial charge in [-0.3, -0.25) is 15.0 Å². The number of aliphatic hydroxyl groups is 1. The molecule has 1 aliphatic rings. The third-order valence-electron chi connectivity index (χ3n) is 3.82. The van der Waals surface area contributed by atoms with E-state index < -0.39 is 28.0 Å². The van der Waals surface area contributed by atoms with Crippen LogP contribution in [0.25, 0.3) is 0 Å². The maximum absolute atomic E-state index is 12.7. The van der Waals surface area contributed by atoms with Gasteiger partial charge in [0, 0.05) is 38.8 Å². The van der Waals surface area contributed by atoms with Crippen LogP contribution in [0.5, 0.6) is 0 Å². The van der Waals surface area contributed by atoms with Gasteiger partial charge in [0.05, 0.1) is 16.1 Å². The molecule has 0 spiro atoms. The summed E-state index contributed by atoms with van der Waals surface area (Å²) in [7, 11) is 0. The van der Waals surface area contributed by atoms with Crippen molar-refractivity contribution in [2.45, 2.75) is 25.6 Å². The largest absolute Gasteiger partial charge is 0.416 e. The molecule has 0 saturated carbocycles. The minimum absolute atomic E-state index is 0.191. The fourth-order valence-corrected chi connectivity index (χ4v) is 2.81. The van der Waals surface area contributed by atoms with E-state index in [4.69, 9.17) is 0 Å². The zero-order valence-corrected chi connectivity index (χ0v) is 13.5. The van der Waals surface area contributed by atoms with Gasteiger partial charge in [0.1, 0.15) is 5.69 Å². The van der Waals surface area contributed by atoms with Crippen LogP contribution >= 0.6 is 0 Å². The molecule has 0 aliphatic carbocycles. The summed E-state index contributed by atoms with van der Waals surface area (Å²) in [5.74, 6) is 0. The molecule has 1 aromatic carbocycles. The first-order chi connectivity index (χ1) is 11.0. The second-order valence-electron chi connectivity index (χ2n) is 6.53. The molecule has 134 valence electrons. The standard InChI is InChI=1S/C15H20F3N3O3/c1-14(2,22)10-19-5-7-20(8-6-19)12-4-3-11(15(16,17)18)9-13(12)21(23)24/h3-4,9,22H,5-8,10H2,1-2H3. The fraction of sp³-hybridized carbons (Fsp3) is 0.600. The molecule has 2 rings (SSSR count). The van der Waals surface area contributed by atoms with Crippen molar-refractivity contribution in [3.05, 3.63) is 33.9 Å². The van der Waals surface area contributed by atoms with Gasteiger partial charge in [-0.05, 0) is 26.0 Å². The van der Waals surface area contributed by atoms with Gasteiger partial charge in [0.15, 0.2) is 0 Å². The molecule has 0 unspecified atom stereocenters. The normalized spacial score (nSPS) is 17.2. The van der Waals surface area contributed by atoms with Crippen LogP contribution in [0, 0.1) is 10.1 Å². The molecular weight excluding hydrogens is 327 g/mol. The Morgan fingerprint density at radius 3 is 2.25 bits per heavy atom. The van der Waals surface area contributed by atoms with Crippen LogP contribution in [-0.2, 0) is 6.18 Å². The SMILES string of the molecule is CC(C)(O)CN1CCN(c2ccc(C(F)(F)F)cc2[N+](=O)[O-])CC1. The third kappa shape index (κ3) is 4.57. The van der Waals surface area contributed by atoms with Gasteiger partial charge in [-0.2, -0.15) is 13.2 Å². The molecule has 1 saturated heterocycles. The molecule has 24 heavy (non-hydrogen) atoms. The van der Waals surface area contributed by atoms with Crippen LogP contribution in [-0.4, -0.2) is 53.3 Å². The van der Waals surface area contributed by atoms with E-state index in [1.54, 1.807) is 18.7 Å². The predicted octanol–water partition coefficient (Wildman–Crippen LogP) is 2.51. The highest BCUT2D eigenvalue weighted by atomic mass is 19.4. The molecule has 0 atom stereocenters. The van der Waals surface area contributed by atoms with Gasteiger partial charge in [-0.25, -0.2) is 0 Å². The Bertz CT molecular complexity index is 606. The highest BCUT2D eigenvalue weighted by Gasteiger charge is 2.34. The monoisotopic (exact) mass is 347 g/mol. The summed E-state index contributed by atoms with van der Waals surface area (Å²) < 4.78 is 38.2. The van der Waals surface area contributed by atoms with E-state index in [2.05, 4.69) is 0 Å². The van der Waals surface area contributed by atoms with Gasteiger partial charge in [0.25, 0.3) is 5.69 Å². The summed E-state index contributed by atoms with van der Waals surface area (Å²) in [4.78, 5) is 14.1.